The van der Waals surface area contributed by atoms with Crippen molar-refractivity contribution in [1.29, 1.82) is 5.26 Å². The van der Waals surface area contributed by atoms with Crippen molar-refractivity contribution < 1.29 is 4.79 Å². The molecule has 1 amide bonds. The molecule has 6 heteroatoms. The molecule has 0 saturated carbocycles. The first-order valence-corrected chi connectivity index (χ1v) is 6.44. The molecular formula is C13H13Cl2N3O. The smallest absolute Gasteiger partial charge is 0.263 e. The Morgan fingerprint density at radius 3 is 2.79 bits per heavy atom. The molecule has 1 aromatic carbocycles. The van der Waals surface area contributed by atoms with Crippen molar-refractivity contribution >= 4 is 34.8 Å². The lowest BCUT2D eigenvalue weighted by Gasteiger charge is -2.05. The van der Waals surface area contributed by atoms with Crippen molar-refractivity contribution in [2.24, 2.45) is 0 Å². The summed E-state index contributed by atoms with van der Waals surface area (Å²) in [6.07, 6.45) is 2.13. The van der Waals surface area contributed by atoms with Gasteiger partial charge in [-0.2, -0.15) is 5.26 Å². The summed E-state index contributed by atoms with van der Waals surface area (Å²) < 4.78 is 0. The van der Waals surface area contributed by atoms with E-state index in [9.17, 15) is 4.79 Å². The van der Waals surface area contributed by atoms with E-state index >= 15 is 0 Å². The molecule has 2 N–H and O–H groups in total. The van der Waals surface area contributed by atoms with Gasteiger partial charge in [0.15, 0.2) is 0 Å². The lowest BCUT2D eigenvalue weighted by molar-refractivity contribution is -0.117. The van der Waals surface area contributed by atoms with Crippen LogP contribution in [0.5, 0.6) is 0 Å². The van der Waals surface area contributed by atoms with Crippen LogP contribution in [0.4, 0.5) is 5.69 Å². The Balaban J connectivity index is 2.77. The predicted octanol–water partition coefficient (Wildman–Crippen LogP) is 3.34. The first kappa shape index (κ1) is 15.4. The Morgan fingerprint density at radius 2 is 2.21 bits per heavy atom. The largest absolute Gasteiger partial charge is 0.359 e. The van der Waals surface area contributed by atoms with Crippen LogP contribution >= 0.6 is 23.2 Å². The summed E-state index contributed by atoms with van der Waals surface area (Å²) in [6, 6.07) is 6.73. The normalized spacial score (nSPS) is 10.7. The fourth-order valence-corrected chi connectivity index (χ4v) is 1.70. The third-order valence-electron chi connectivity index (χ3n) is 2.20. The molecule has 0 heterocycles. The van der Waals surface area contributed by atoms with Gasteiger partial charge in [-0.05, 0) is 24.6 Å². The molecule has 0 saturated heterocycles. The van der Waals surface area contributed by atoms with Gasteiger partial charge < -0.3 is 10.6 Å². The number of carbonyl (C=O) groups is 1. The van der Waals surface area contributed by atoms with Gasteiger partial charge in [0.25, 0.3) is 5.91 Å². The quantitative estimate of drug-likeness (QED) is 0.647. The third kappa shape index (κ3) is 4.82. The maximum absolute atomic E-state index is 11.6. The molecule has 0 atom stereocenters. The second kappa shape index (κ2) is 7.67. The van der Waals surface area contributed by atoms with Gasteiger partial charge in [-0.3, -0.25) is 4.79 Å². The molecule has 100 valence electrons. The molecule has 1 rings (SSSR count). The number of carbonyl (C=O) groups excluding carboxylic acids is 1. The zero-order chi connectivity index (χ0) is 14.3. The van der Waals surface area contributed by atoms with Crippen LogP contribution in [-0.4, -0.2) is 12.5 Å². The third-order valence-corrected chi connectivity index (χ3v) is 2.75. The number of nitrogens with zero attached hydrogens (tertiary/aromatic N) is 1. The Hall–Kier alpha value is -1.70. The first-order valence-electron chi connectivity index (χ1n) is 5.68. The lowest BCUT2D eigenvalue weighted by atomic mass is 10.2. The van der Waals surface area contributed by atoms with Gasteiger partial charge in [0, 0.05) is 17.8 Å². The van der Waals surface area contributed by atoms with Gasteiger partial charge in [0.2, 0.25) is 0 Å². The van der Waals surface area contributed by atoms with Crippen LogP contribution in [0.3, 0.4) is 0 Å². The van der Waals surface area contributed by atoms with Crippen molar-refractivity contribution in [3.05, 3.63) is 40.0 Å². The highest BCUT2D eigenvalue weighted by Gasteiger charge is 2.08. The van der Waals surface area contributed by atoms with Crippen LogP contribution in [0.2, 0.25) is 10.0 Å². The molecule has 1 aromatic rings. The number of hydrogen-bond acceptors (Lipinski definition) is 3. The van der Waals surface area contributed by atoms with Crippen LogP contribution in [0, 0.1) is 11.3 Å². The second-order valence-corrected chi connectivity index (χ2v) is 4.54. The van der Waals surface area contributed by atoms with Gasteiger partial charge in [-0.25, -0.2) is 0 Å². The fraction of sp³-hybridized carbons (Fsp3) is 0.231. The van der Waals surface area contributed by atoms with Crippen molar-refractivity contribution in [2.75, 3.05) is 11.9 Å². The molecular weight excluding hydrogens is 285 g/mol. The van der Waals surface area contributed by atoms with E-state index in [1.165, 1.54) is 6.20 Å². The number of nitrogens with one attached hydrogen (secondary N) is 2. The highest BCUT2D eigenvalue weighted by molar-refractivity contribution is 6.36. The molecule has 0 fully saturated rings. The minimum Gasteiger partial charge on any atom is -0.359 e. The van der Waals surface area contributed by atoms with E-state index in [1.807, 2.05) is 13.0 Å². The molecule has 0 aliphatic rings. The van der Waals surface area contributed by atoms with E-state index in [1.54, 1.807) is 18.2 Å². The zero-order valence-electron chi connectivity index (χ0n) is 10.3. The van der Waals surface area contributed by atoms with E-state index in [2.05, 4.69) is 10.6 Å². The Morgan fingerprint density at radius 1 is 1.47 bits per heavy atom. The van der Waals surface area contributed by atoms with Crippen molar-refractivity contribution in [2.45, 2.75) is 13.3 Å². The molecule has 19 heavy (non-hydrogen) atoms. The van der Waals surface area contributed by atoms with E-state index in [0.29, 0.717) is 22.3 Å². The van der Waals surface area contributed by atoms with E-state index < -0.39 is 5.91 Å². The maximum atomic E-state index is 11.6. The van der Waals surface area contributed by atoms with Crippen LogP contribution in [0.15, 0.2) is 30.0 Å². The van der Waals surface area contributed by atoms with E-state index in [4.69, 9.17) is 28.5 Å². The summed E-state index contributed by atoms with van der Waals surface area (Å²) in [6.45, 7) is 2.46. The highest BCUT2D eigenvalue weighted by Crippen LogP contribution is 2.25. The number of rotatable bonds is 5. The predicted molar refractivity (Wildman–Crippen MR) is 77.1 cm³/mol. The van der Waals surface area contributed by atoms with Gasteiger partial charge in [0.05, 0.1) is 10.7 Å². The SMILES string of the molecule is CCCNC(=O)/C(C#N)=C\Nc1ccc(Cl)cc1Cl. The summed E-state index contributed by atoms with van der Waals surface area (Å²) in [4.78, 5) is 11.6. The van der Waals surface area contributed by atoms with E-state index in [0.717, 1.165) is 6.42 Å². The molecule has 0 unspecified atom stereocenters. The number of halogens is 2. The average molecular weight is 298 g/mol. The number of amides is 1. The number of benzene rings is 1. The highest BCUT2D eigenvalue weighted by atomic mass is 35.5. The van der Waals surface area contributed by atoms with Crippen LogP contribution in [-0.2, 0) is 4.79 Å². The van der Waals surface area contributed by atoms with Crippen molar-refractivity contribution in [3.63, 3.8) is 0 Å². The van der Waals surface area contributed by atoms with Crippen LogP contribution in [0.25, 0.3) is 0 Å². The summed E-state index contributed by atoms with van der Waals surface area (Å²) in [5.41, 5.74) is 0.557. The summed E-state index contributed by atoms with van der Waals surface area (Å²) >= 11 is 11.7. The van der Waals surface area contributed by atoms with Gasteiger partial charge >= 0.3 is 0 Å². The molecule has 0 aliphatic carbocycles. The zero-order valence-corrected chi connectivity index (χ0v) is 11.8. The van der Waals surface area contributed by atoms with Gasteiger partial charge in [-0.15, -0.1) is 0 Å². The second-order valence-electron chi connectivity index (χ2n) is 3.69. The van der Waals surface area contributed by atoms with Gasteiger partial charge in [-0.1, -0.05) is 30.1 Å². The molecule has 0 aliphatic heterocycles. The summed E-state index contributed by atoms with van der Waals surface area (Å²) in [7, 11) is 0. The standard InChI is InChI=1S/C13H13Cl2N3O/c1-2-5-17-13(19)9(7-16)8-18-12-4-3-10(14)6-11(12)15/h3-4,6,8,18H,2,5H2,1H3,(H,17,19)/b9-8-. The number of nitriles is 1. The van der Waals surface area contributed by atoms with E-state index in [-0.39, 0.29) is 5.57 Å². The Bertz CT molecular complexity index is 535. The van der Waals surface area contributed by atoms with Crippen molar-refractivity contribution in [1.82, 2.24) is 5.32 Å². The molecule has 4 nitrogen and oxygen atoms in total. The molecule has 0 aromatic heterocycles. The van der Waals surface area contributed by atoms with Crippen LogP contribution in [0.1, 0.15) is 13.3 Å². The first-order chi connectivity index (χ1) is 9.08. The number of hydrogen-bond donors (Lipinski definition) is 2. The maximum Gasteiger partial charge on any atom is 0.263 e. The lowest BCUT2D eigenvalue weighted by Crippen LogP contribution is -2.25. The van der Waals surface area contributed by atoms with Crippen molar-refractivity contribution in [3.8, 4) is 6.07 Å². The monoisotopic (exact) mass is 297 g/mol. The average Bonchev–Trinajstić information content (AvgIpc) is 2.39. The summed E-state index contributed by atoms with van der Waals surface area (Å²) in [5.74, 6) is -0.415. The Labute approximate surface area is 122 Å². The molecule has 0 spiro atoms. The summed E-state index contributed by atoms with van der Waals surface area (Å²) in [5, 5.41) is 15.3. The minimum absolute atomic E-state index is 0.0144. The minimum atomic E-state index is -0.415. The van der Waals surface area contributed by atoms with Crippen LogP contribution < -0.4 is 10.6 Å². The molecule has 0 radical (unpaired) electrons. The fourth-order valence-electron chi connectivity index (χ4n) is 1.24. The Kier molecular flexibility index (Phi) is 6.20. The topological polar surface area (TPSA) is 64.9 Å². The van der Waals surface area contributed by atoms with Gasteiger partial charge in [0.1, 0.15) is 11.6 Å². The number of anilines is 1. The molecule has 0 bridgehead atoms.